The highest BCUT2D eigenvalue weighted by molar-refractivity contribution is 14.0. The van der Waals surface area contributed by atoms with Crippen LogP contribution in [0.3, 0.4) is 0 Å². The van der Waals surface area contributed by atoms with E-state index in [9.17, 15) is 0 Å². The van der Waals surface area contributed by atoms with Gasteiger partial charge in [0.05, 0.1) is 13.1 Å². The van der Waals surface area contributed by atoms with Crippen LogP contribution in [0.15, 0.2) is 84.6 Å². The average Bonchev–Trinajstić information content (AvgIpc) is 3.50. The smallest absolute Gasteiger partial charge is 0.191 e. The van der Waals surface area contributed by atoms with Crippen LogP contribution in [0.2, 0.25) is 0 Å². The van der Waals surface area contributed by atoms with Crippen molar-refractivity contribution in [3.8, 4) is 0 Å². The maximum Gasteiger partial charge on any atom is 0.191 e. The van der Waals surface area contributed by atoms with Crippen LogP contribution in [0.1, 0.15) is 22.3 Å². The van der Waals surface area contributed by atoms with E-state index in [0.717, 1.165) is 12.5 Å². The van der Waals surface area contributed by atoms with E-state index in [-0.39, 0.29) is 24.0 Å². The molecule has 32 heavy (non-hydrogen) atoms. The van der Waals surface area contributed by atoms with Crippen LogP contribution in [0, 0.1) is 0 Å². The highest BCUT2D eigenvalue weighted by Crippen LogP contribution is 2.10. The number of hydrogen-bond acceptors (Lipinski definition) is 4. The average molecular weight is 542 g/mol. The van der Waals surface area contributed by atoms with Crippen LogP contribution in [0.25, 0.3) is 0 Å². The fraction of sp³-hybridized carbons (Fsp3) is 0.217. The van der Waals surface area contributed by atoms with Gasteiger partial charge in [-0.2, -0.15) is 10.2 Å². The zero-order valence-electron chi connectivity index (χ0n) is 17.9. The van der Waals surface area contributed by atoms with Crippen molar-refractivity contribution in [2.45, 2.75) is 26.2 Å². The molecule has 2 aromatic heterocycles. The molecule has 4 rings (SSSR count). The van der Waals surface area contributed by atoms with E-state index < -0.39 is 0 Å². The number of aliphatic imine (C=N–C) groups is 1. The van der Waals surface area contributed by atoms with Gasteiger partial charge in [0, 0.05) is 32.5 Å². The lowest BCUT2D eigenvalue weighted by Crippen LogP contribution is -2.36. The summed E-state index contributed by atoms with van der Waals surface area (Å²) in [7, 11) is 1.78. The molecule has 166 valence electrons. The van der Waals surface area contributed by atoms with E-state index in [1.54, 1.807) is 25.9 Å². The molecular formula is C23H27IN8. The zero-order chi connectivity index (χ0) is 21.3. The first kappa shape index (κ1) is 23.5. The quantitative estimate of drug-likeness (QED) is 0.203. The summed E-state index contributed by atoms with van der Waals surface area (Å²) in [5.41, 5.74) is 4.81. The van der Waals surface area contributed by atoms with Crippen LogP contribution in [-0.2, 0) is 26.2 Å². The second-order valence-corrected chi connectivity index (χ2v) is 7.16. The lowest BCUT2D eigenvalue weighted by Gasteiger charge is -2.15. The largest absolute Gasteiger partial charge is 0.352 e. The van der Waals surface area contributed by atoms with Gasteiger partial charge in [0.1, 0.15) is 12.7 Å². The Labute approximate surface area is 204 Å². The zero-order valence-corrected chi connectivity index (χ0v) is 20.3. The van der Waals surface area contributed by atoms with Crippen molar-refractivity contribution >= 4 is 29.9 Å². The van der Waals surface area contributed by atoms with Gasteiger partial charge in [-0.3, -0.25) is 9.67 Å². The number of hydrogen-bond donors (Lipinski definition) is 2. The first-order valence-corrected chi connectivity index (χ1v) is 10.2. The number of halogens is 1. The SMILES string of the molecule is CN=C(NCc1cccc(Cn2cncn2)c1)NCc1ccccc1Cn1cccn1.I. The van der Waals surface area contributed by atoms with Crippen LogP contribution in [0.5, 0.6) is 0 Å². The maximum absolute atomic E-state index is 4.36. The van der Waals surface area contributed by atoms with Crippen molar-refractivity contribution in [2.75, 3.05) is 7.05 Å². The van der Waals surface area contributed by atoms with Crippen molar-refractivity contribution in [3.05, 3.63) is 102 Å². The summed E-state index contributed by atoms with van der Waals surface area (Å²) < 4.78 is 3.74. The van der Waals surface area contributed by atoms with Gasteiger partial charge >= 0.3 is 0 Å². The predicted octanol–water partition coefficient (Wildman–Crippen LogP) is 3.05. The second-order valence-electron chi connectivity index (χ2n) is 7.16. The van der Waals surface area contributed by atoms with Crippen molar-refractivity contribution in [1.82, 2.24) is 35.2 Å². The molecule has 0 amide bonds. The first-order valence-electron chi connectivity index (χ1n) is 10.2. The van der Waals surface area contributed by atoms with Gasteiger partial charge in [-0.15, -0.1) is 24.0 Å². The molecule has 2 N–H and O–H groups in total. The molecule has 0 aliphatic carbocycles. The summed E-state index contributed by atoms with van der Waals surface area (Å²) in [6.07, 6.45) is 7.05. The third-order valence-electron chi connectivity index (χ3n) is 4.94. The summed E-state index contributed by atoms with van der Waals surface area (Å²) in [6, 6.07) is 18.7. The second kappa shape index (κ2) is 12.0. The normalized spacial score (nSPS) is 11.1. The summed E-state index contributed by atoms with van der Waals surface area (Å²) in [4.78, 5) is 8.36. The Balaban J connectivity index is 0.00000289. The molecule has 4 aromatic rings. The number of rotatable bonds is 8. The minimum atomic E-state index is 0. The molecule has 0 aliphatic heterocycles. The highest BCUT2D eigenvalue weighted by Gasteiger charge is 2.05. The topological polar surface area (TPSA) is 85.0 Å². The third kappa shape index (κ3) is 6.64. The summed E-state index contributed by atoms with van der Waals surface area (Å²) in [6.45, 7) is 2.81. The lowest BCUT2D eigenvalue weighted by atomic mass is 10.1. The number of guanidine groups is 1. The minimum Gasteiger partial charge on any atom is -0.352 e. The third-order valence-corrected chi connectivity index (χ3v) is 4.94. The molecule has 9 heteroatoms. The Morgan fingerprint density at radius 1 is 0.875 bits per heavy atom. The fourth-order valence-corrected chi connectivity index (χ4v) is 3.38. The van der Waals surface area contributed by atoms with Gasteiger partial charge < -0.3 is 10.6 Å². The fourth-order valence-electron chi connectivity index (χ4n) is 3.38. The van der Waals surface area contributed by atoms with Crippen LogP contribution in [-0.4, -0.2) is 37.6 Å². The number of aromatic nitrogens is 5. The van der Waals surface area contributed by atoms with E-state index >= 15 is 0 Å². The molecule has 0 saturated carbocycles. The first-order chi connectivity index (χ1) is 15.3. The molecule has 2 heterocycles. The molecule has 0 fully saturated rings. The summed E-state index contributed by atoms with van der Waals surface area (Å²) in [5.74, 6) is 0.760. The predicted molar refractivity (Wildman–Crippen MR) is 136 cm³/mol. The van der Waals surface area contributed by atoms with Gasteiger partial charge in [0.2, 0.25) is 0 Å². The monoisotopic (exact) mass is 542 g/mol. The van der Waals surface area contributed by atoms with Gasteiger partial charge in [-0.05, 0) is 28.3 Å². The number of nitrogens with zero attached hydrogens (tertiary/aromatic N) is 6. The maximum atomic E-state index is 4.36. The van der Waals surface area contributed by atoms with Crippen LogP contribution < -0.4 is 10.6 Å². The van der Waals surface area contributed by atoms with Gasteiger partial charge in [0.25, 0.3) is 0 Å². The molecule has 0 unspecified atom stereocenters. The number of nitrogens with one attached hydrogen (secondary N) is 2. The molecule has 0 bridgehead atoms. The van der Waals surface area contributed by atoms with E-state index in [4.69, 9.17) is 0 Å². The van der Waals surface area contributed by atoms with E-state index in [1.165, 1.54) is 22.3 Å². The van der Waals surface area contributed by atoms with Gasteiger partial charge in [-0.1, -0.05) is 48.5 Å². The molecule has 2 aromatic carbocycles. The number of benzene rings is 2. The Morgan fingerprint density at radius 2 is 1.69 bits per heavy atom. The van der Waals surface area contributed by atoms with Crippen LogP contribution in [0.4, 0.5) is 0 Å². The Hall–Kier alpha value is -3.21. The summed E-state index contributed by atoms with van der Waals surface area (Å²) >= 11 is 0. The van der Waals surface area contributed by atoms with E-state index in [2.05, 4.69) is 79.3 Å². The molecule has 0 aliphatic rings. The van der Waals surface area contributed by atoms with Crippen molar-refractivity contribution in [1.29, 1.82) is 0 Å². The molecular weight excluding hydrogens is 515 g/mol. The Bertz CT molecular complexity index is 1110. The highest BCUT2D eigenvalue weighted by atomic mass is 127. The lowest BCUT2D eigenvalue weighted by molar-refractivity contribution is 0.677. The minimum absolute atomic E-state index is 0. The van der Waals surface area contributed by atoms with Crippen molar-refractivity contribution in [3.63, 3.8) is 0 Å². The molecule has 0 atom stereocenters. The van der Waals surface area contributed by atoms with E-state index in [0.29, 0.717) is 19.6 Å². The Kier molecular flexibility index (Phi) is 8.79. The van der Waals surface area contributed by atoms with Crippen LogP contribution >= 0.6 is 24.0 Å². The summed E-state index contributed by atoms with van der Waals surface area (Å²) in [5, 5.41) is 15.3. The standard InChI is InChI=1S/C23H26N8.HI/c1-24-23(26-13-19-6-4-7-20(12-19)15-31-18-25-17-29-31)27-14-21-8-2-3-9-22(21)16-30-11-5-10-28-30;/h2-12,17-18H,13-16H2,1H3,(H2,24,26,27);1H. The molecule has 0 saturated heterocycles. The van der Waals surface area contributed by atoms with Crippen molar-refractivity contribution < 1.29 is 0 Å². The van der Waals surface area contributed by atoms with Gasteiger partial charge in [0.15, 0.2) is 5.96 Å². The molecule has 0 radical (unpaired) electrons. The molecule has 0 spiro atoms. The van der Waals surface area contributed by atoms with Gasteiger partial charge in [-0.25, -0.2) is 9.67 Å². The van der Waals surface area contributed by atoms with Crippen molar-refractivity contribution in [2.24, 2.45) is 4.99 Å². The Morgan fingerprint density at radius 3 is 2.44 bits per heavy atom. The molecule has 8 nitrogen and oxygen atoms in total. The van der Waals surface area contributed by atoms with E-state index in [1.807, 2.05) is 21.6 Å².